The van der Waals surface area contributed by atoms with Gasteiger partial charge in [-0.15, -0.1) is 0 Å². The van der Waals surface area contributed by atoms with Gasteiger partial charge in [-0.05, 0) is 48.2 Å². The van der Waals surface area contributed by atoms with Crippen LogP contribution in [-0.2, 0) is 6.42 Å². The molecule has 0 saturated heterocycles. The number of nitrogens with one attached hydrogen (secondary N) is 2. The van der Waals surface area contributed by atoms with Crippen molar-refractivity contribution in [2.75, 3.05) is 11.9 Å². The molecule has 2 atom stereocenters. The van der Waals surface area contributed by atoms with Crippen LogP contribution in [0.2, 0.25) is 0 Å². The summed E-state index contributed by atoms with van der Waals surface area (Å²) in [6.07, 6.45) is 3.42. The molecule has 1 aliphatic carbocycles. The summed E-state index contributed by atoms with van der Waals surface area (Å²) < 4.78 is 0. The van der Waals surface area contributed by atoms with Crippen LogP contribution in [0.1, 0.15) is 45.5 Å². The van der Waals surface area contributed by atoms with Crippen molar-refractivity contribution in [3.05, 3.63) is 93.8 Å². The molecule has 5 rings (SSSR count). The van der Waals surface area contributed by atoms with Crippen LogP contribution in [0.4, 0.5) is 5.69 Å². The molecular formula is C24H24N2. The number of aryl methyl sites for hydroxylation is 2. The van der Waals surface area contributed by atoms with Crippen molar-refractivity contribution in [1.29, 1.82) is 0 Å². The summed E-state index contributed by atoms with van der Waals surface area (Å²) in [4.78, 5) is 3.57. The number of benzene rings is 2. The first-order valence-electron chi connectivity index (χ1n) is 9.48. The molecule has 3 aromatic rings. The molecule has 2 N–H and O–H groups in total. The third-order valence-electron chi connectivity index (χ3n) is 5.98. The minimum Gasteiger partial charge on any atom is -0.384 e. The van der Waals surface area contributed by atoms with Crippen molar-refractivity contribution in [2.24, 2.45) is 0 Å². The second-order valence-electron chi connectivity index (χ2n) is 7.69. The first kappa shape index (κ1) is 15.5. The number of rotatable bonds is 3. The lowest BCUT2D eigenvalue weighted by atomic mass is 9.79. The third-order valence-corrected chi connectivity index (χ3v) is 5.98. The van der Waals surface area contributed by atoms with Crippen molar-refractivity contribution in [2.45, 2.75) is 32.1 Å². The van der Waals surface area contributed by atoms with E-state index in [1.165, 1.54) is 44.9 Å². The van der Waals surface area contributed by atoms with Gasteiger partial charge in [-0.3, -0.25) is 0 Å². The minimum absolute atomic E-state index is 0.449. The van der Waals surface area contributed by atoms with Crippen LogP contribution in [0.25, 0.3) is 6.08 Å². The molecule has 2 heterocycles. The van der Waals surface area contributed by atoms with Crippen molar-refractivity contribution in [3.8, 4) is 0 Å². The lowest BCUT2D eigenvalue weighted by Crippen LogP contribution is -2.15. The molecule has 26 heavy (non-hydrogen) atoms. The molecule has 130 valence electrons. The third kappa shape index (κ3) is 2.40. The number of aromatic amines is 1. The number of fused-ring (bicyclic) bond motifs is 2. The number of para-hydroxylation sites is 1. The Kier molecular flexibility index (Phi) is 3.53. The molecule has 0 spiro atoms. The van der Waals surface area contributed by atoms with Gasteiger partial charge in [-0.25, -0.2) is 0 Å². The van der Waals surface area contributed by atoms with Gasteiger partial charge >= 0.3 is 0 Å². The average molecular weight is 340 g/mol. The Morgan fingerprint density at radius 3 is 2.54 bits per heavy atom. The summed E-state index contributed by atoms with van der Waals surface area (Å²) in [5, 5.41) is 3.62. The maximum Gasteiger partial charge on any atom is 0.0376 e. The standard InChI is InChI=1S/C24H24N2/c1-15-11-16(2)26-23(15)13-18-12-17-7-3-4-8-19(17)24(18)21-14-25-22-10-6-5-9-20(21)22/h3-12,21,24-26H,13-14H2,1-2H3. The SMILES string of the molecule is Cc1cc(C)c(CC2=Cc3ccccc3C2C2CNc3ccccc32)[nH]1. The van der Waals surface area contributed by atoms with E-state index in [4.69, 9.17) is 0 Å². The Labute approximate surface area is 155 Å². The normalized spacial score (nSPS) is 20.5. The lowest BCUT2D eigenvalue weighted by Gasteiger charge is -2.24. The molecule has 0 fully saturated rings. The van der Waals surface area contributed by atoms with Crippen LogP contribution in [-0.4, -0.2) is 11.5 Å². The van der Waals surface area contributed by atoms with Gasteiger partial charge in [0.15, 0.2) is 0 Å². The van der Waals surface area contributed by atoms with Crippen LogP contribution in [0.3, 0.4) is 0 Å². The highest BCUT2D eigenvalue weighted by Gasteiger charge is 2.36. The highest BCUT2D eigenvalue weighted by molar-refractivity contribution is 5.70. The number of allylic oxidation sites excluding steroid dienone is 1. The topological polar surface area (TPSA) is 27.8 Å². The molecule has 0 amide bonds. The second kappa shape index (κ2) is 5.91. The molecule has 0 saturated carbocycles. The van der Waals surface area contributed by atoms with E-state index in [-0.39, 0.29) is 0 Å². The molecule has 0 radical (unpaired) electrons. The van der Waals surface area contributed by atoms with Crippen LogP contribution >= 0.6 is 0 Å². The number of H-pyrrole nitrogens is 1. The molecule has 2 unspecified atom stereocenters. The van der Waals surface area contributed by atoms with E-state index in [9.17, 15) is 0 Å². The van der Waals surface area contributed by atoms with Crippen molar-refractivity contribution in [1.82, 2.24) is 4.98 Å². The Morgan fingerprint density at radius 1 is 0.962 bits per heavy atom. The van der Waals surface area contributed by atoms with Gasteiger partial charge < -0.3 is 10.3 Å². The summed E-state index contributed by atoms with van der Waals surface area (Å²) in [5.41, 5.74) is 11.1. The highest BCUT2D eigenvalue weighted by atomic mass is 14.9. The number of aromatic nitrogens is 1. The van der Waals surface area contributed by atoms with Crippen LogP contribution in [0.5, 0.6) is 0 Å². The van der Waals surface area contributed by atoms with E-state index in [0.717, 1.165) is 13.0 Å². The van der Waals surface area contributed by atoms with E-state index in [0.29, 0.717) is 11.8 Å². The smallest absolute Gasteiger partial charge is 0.0376 e. The van der Waals surface area contributed by atoms with E-state index in [1.807, 2.05) is 0 Å². The molecule has 1 aromatic heterocycles. The fraction of sp³-hybridized carbons (Fsp3) is 0.250. The van der Waals surface area contributed by atoms with E-state index >= 15 is 0 Å². The maximum absolute atomic E-state index is 3.62. The van der Waals surface area contributed by atoms with E-state index in [1.54, 1.807) is 0 Å². The zero-order chi connectivity index (χ0) is 17.7. The number of hydrogen-bond acceptors (Lipinski definition) is 1. The first-order chi connectivity index (χ1) is 12.7. The molecule has 2 nitrogen and oxygen atoms in total. The van der Waals surface area contributed by atoms with Crippen molar-refractivity contribution >= 4 is 11.8 Å². The monoisotopic (exact) mass is 340 g/mol. The Hall–Kier alpha value is -2.74. The zero-order valence-electron chi connectivity index (χ0n) is 15.3. The fourth-order valence-electron chi connectivity index (χ4n) is 4.83. The van der Waals surface area contributed by atoms with Crippen LogP contribution < -0.4 is 5.32 Å². The highest BCUT2D eigenvalue weighted by Crippen LogP contribution is 2.49. The van der Waals surface area contributed by atoms with Gasteiger partial charge in [-0.1, -0.05) is 54.1 Å². The van der Waals surface area contributed by atoms with E-state index < -0.39 is 0 Å². The van der Waals surface area contributed by atoms with Gasteiger partial charge in [0.2, 0.25) is 0 Å². The Bertz CT molecular complexity index is 1010. The predicted molar refractivity (Wildman–Crippen MR) is 109 cm³/mol. The molecule has 2 aromatic carbocycles. The van der Waals surface area contributed by atoms with Gasteiger partial charge in [0.1, 0.15) is 0 Å². The molecule has 2 heteroatoms. The first-order valence-corrected chi connectivity index (χ1v) is 9.48. The molecule has 1 aliphatic heterocycles. The average Bonchev–Trinajstić information content (AvgIpc) is 3.30. The van der Waals surface area contributed by atoms with Gasteiger partial charge in [0.05, 0.1) is 0 Å². The van der Waals surface area contributed by atoms with Crippen molar-refractivity contribution in [3.63, 3.8) is 0 Å². The largest absolute Gasteiger partial charge is 0.384 e. The Balaban J connectivity index is 1.57. The van der Waals surface area contributed by atoms with Gasteiger partial charge in [-0.2, -0.15) is 0 Å². The van der Waals surface area contributed by atoms with Crippen LogP contribution in [0, 0.1) is 13.8 Å². The van der Waals surface area contributed by atoms with Crippen LogP contribution in [0.15, 0.2) is 60.2 Å². The van der Waals surface area contributed by atoms with Gasteiger partial charge in [0, 0.05) is 41.9 Å². The molecule has 0 bridgehead atoms. The maximum atomic E-state index is 3.62. The summed E-state index contributed by atoms with van der Waals surface area (Å²) in [6.45, 7) is 5.37. The predicted octanol–water partition coefficient (Wildman–Crippen LogP) is 5.56. The quantitative estimate of drug-likeness (QED) is 0.641. The molecular weight excluding hydrogens is 316 g/mol. The van der Waals surface area contributed by atoms with Gasteiger partial charge in [0.25, 0.3) is 0 Å². The lowest BCUT2D eigenvalue weighted by molar-refractivity contribution is 0.640. The fourth-order valence-corrected chi connectivity index (χ4v) is 4.83. The summed E-state index contributed by atoms with van der Waals surface area (Å²) >= 11 is 0. The van der Waals surface area contributed by atoms with E-state index in [2.05, 4.69) is 84.8 Å². The molecule has 2 aliphatic rings. The zero-order valence-corrected chi connectivity index (χ0v) is 15.3. The summed E-state index contributed by atoms with van der Waals surface area (Å²) in [6, 6.07) is 20.0. The Morgan fingerprint density at radius 2 is 1.73 bits per heavy atom. The van der Waals surface area contributed by atoms with Crippen molar-refractivity contribution < 1.29 is 0 Å². The number of anilines is 1. The summed E-state index contributed by atoms with van der Waals surface area (Å²) in [7, 11) is 0. The summed E-state index contributed by atoms with van der Waals surface area (Å²) in [5.74, 6) is 0.947. The second-order valence-corrected chi connectivity index (χ2v) is 7.69. The number of hydrogen-bond donors (Lipinski definition) is 2. The minimum atomic E-state index is 0.449.